The fourth-order valence-corrected chi connectivity index (χ4v) is 8.55. The van der Waals surface area contributed by atoms with Crippen molar-refractivity contribution in [3.63, 3.8) is 0 Å². The Balaban J connectivity index is 4.24. The molecule has 0 aliphatic carbocycles. The van der Waals surface area contributed by atoms with Crippen LogP contribution in [-0.4, -0.2) is 82.3 Å². The average molecular weight is 989 g/mol. The van der Waals surface area contributed by atoms with Gasteiger partial charge in [0.1, 0.15) is 13.2 Å². The summed E-state index contributed by atoms with van der Waals surface area (Å²) in [4.78, 5) is 37.3. The van der Waals surface area contributed by atoms with Gasteiger partial charge in [-0.25, -0.2) is 0 Å². The molecule has 9 heteroatoms. The van der Waals surface area contributed by atoms with E-state index in [4.69, 9.17) is 18.9 Å². The van der Waals surface area contributed by atoms with E-state index in [2.05, 4.69) is 50.3 Å². The van der Waals surface area contributed by atoms with Crippen LogP contribution in [-0.2, 0) is 33.3 Å². The summed E-state index contributed by atoms with van der Waals surface area (Å²) in [5.74, 6) is -2.28. The summed E-state index contributed by atoms with van der Waals surface area (Å²) in [5, 5.41) is 11.8. The maximum atomic E-state index is 12.9. The minimum absolute atomic E-state index is 0.147. The molecule has 0 saturated heterocycles. The number of quaternary nitrogens is 1. The van der Waals surface area contributed by atoms with Crippen molar-refractivity contribution in [2.24, 2.45) is 0 Å². The number of carbonyl (C=O) groups excluding carboxylic acids is 3. The lowest BCUT2D eigenvalue weighted by molar-refractivity contribution is -0.870. The molecular formula is C61H113NO8. The van der Waals surface area contributed by atoms with E-state index in [9.17, 15) is 19.5 Å². The van der Waals surface area contributed by atoms with Crippen molar-refractivity contribution >= 4 is 17.9 Å². The fourth-order valence-electron chi connectivity index (χ4n) is 8.55. The molecule has 0 saturated carbocycles. The molecule has 0 heterocycles. The van der Waals surface area contributed by atoms with Gasteiger partial charge in [-0.1, -0.05) is 249 Å². The molecule has 0 aromatic rings. The lowest BCUT2D eigenvalue weighted by atomic mass is 10.0. The predicted molar refractivity (Wildman–Crippen MR) is 293 cm³/mol. The monoisotopic (exact) mass is 988 g/mol. The highest BCUT2D eigenvalue weighted by Gasteiger charge is 2.22. The molecule has 0 N–H and O–H groups in total. The van der Waals surface area contributed by atoms with E-state index in [-0.39, 0.29) is 32.2 Å². The van der Waals surface area contributed by atoms with Crippen LogP contribution in [0.2, 0.25) is 0 Å². The summed E-state index contributed by atoms with van der Waals surface area (Å²) in [6.07, 6.45) is 60.4. The van der Waals surface area contributed by atoms with Crippen molar-refractivity contribution in [1.82, 2.24) is 0 Å². The Morgan fingerprint density at radius 1 is 0.429 bits per heavy atom. The first-order valence-electron chi connectivity index (χ1n) is 29.6. The Hall–Kier alpha value is -2.49. The molecule has 0 bridgehead atoms. The van der Waals surface area contributed by atoms with Crippen molar-refractivity contribution in [3.05, 3.63) is 36.5 Å². The molecule has 9 nitrogen and oxygen atoms in total. The second-order valence-corrected chi connectivity index (χ2v) is 21.3. The van der Waals surface area contributed by atoms with Crippen LogP contribution in [0.5, 0.6) is 0 Å². The molecule has 2 unspecified atom stereocenters. The van der Waals surface area contributed by atoms with E-state index >= 15 is 0 Å². The summed E-state index contributed by atoms with van der Waals surface area (Å²) >= 11 is 0. The van der Waals surface area contributed by atoms with Crippen LogP contribution in [0.15, 0.2) is 36.5 Å². The lowest BCUT2D eigenvalue weighted by Crippen LogP contribution is -2.44. The van der Waals surface area contributed by atoms with Crippen LogP contribution >= 0.6 is 0 Å². The molecule has 0 spiro atoms. The number of carbonyl (C=O) groups is 3. The summed E-state index contributed by atoms with van der Waals surface area (Å²) in [7, 11) is 5.93. The van der Waals surface area contributed by atoms with Gasteiger partial charge in [0.25, 0.3) is 0 Å². The molecule has 0 aliphatic rings. The van der Waals surface area contributed by atoms with Gasteiger partial charge in [-0.15, -0.1) is 0 Å². The van der Waals surface area contributed by atoms with Gasteiger partial charge < -0.3 is 33.3 Å². The van der Waals surface area contributed by atoms with Gasteiger partial charge in [0.15, 0.2) is 12.4 Å². The molecule has 0 aromatic heterocycles. The normalized spacial score (nSPS) is 13.0. The highest BCUT2D eigenvalue weighted by Crippen LogP contribution is 2.17. The minimum Gasteiger partial charge on any atom is -0.545 e. The lowest BCUT2D eigenvalue weighted by Gasteiger charge is -2.26. The summed E-state index contributed by atoms with van der Waals surface area (Å²) in [5.41, 5.74) is 0. The van der Waals surface area contributed by atoms with E-state index < -0.39 is 24.3 Å². The third-order valence-corrected chi connectivity index (χ3v) is 13.1. The summed E-state index contributed by atoms with van der Waals surface area (Å²) in [6.45, 7) is 4.77. The van der Waals surface area contributed by atoms with Gasteiger partial charge in [-0.3, -0.25) is 9.59 Å². The van der Waals surface area contributed by atoms with E-state index in [1.165, 1.54) is 186 Å². The zero-order valence-electron chi connectivity index (χ0n) is 46.7. The third-order valence-electron chi connectivity index (χ3n) is 13.1. The fraction of sp³-hybridized carbons (Fsp3) is 0.852. The van der Waals surface area contributed by atoms with Crippen LogP contribution in [0.3, 0.4) is 0 Å². The number of likely N-dealkylation sites (N-methyl/N-ethyl adjacent to an activating group) is 1. The zero-order chi connectivity index (χ0) is 51.3. The van der Waals surface area contributed by atoms with E-state index in [0.717, 1.165) is 57.8 Å². The van der Waals surface area contributed by atoms with Crippen molar-refractivity contribution < 1.29 is 42.9 Å². The van der Waals surface area contributed by atoms with E-state index in [1.807, 2.05) is 21.1 Å². The van der Waals surface area contributed by atoms with Gasteiger partial charge in [0.2, 0.25) is 0 Å². The number of allylic oxidation sites excluding steroid dienone is 6. The van der Waals surface area contributed by atoms with Gasteiger partial charge in [-0.2, -0.15) is 0 Å². The van der Waals surface area contributed by atoms with Crippen LogP contribution in [0, 0.1) is 0 Å². The van der Waals surface area contributed by atoms with E-state index in [1.54, 1.807) is 0 Å². The number of esters is 2. The Morgan fingerprint density at radius 3 is 1.14 bits per heavy atom. The standard InChI is InChI=1S/C61H113NO8/c1-6-8-10-12-14-16-18-20-22-24-26-28-30-32-34-36-38-40-42-44-46-48-50-52-59(64)70-57(56-69-61(60(65)66)67-54-53-62(3,4)5)55-68-58(63)51-49-47-45-43-41-39-37-35-33-31-29-27-25-23-21-19-17-15-13-11-9-7-2/h18,20,24,26,30,32,57,61H,6-17,19,21-23,25,27-29,31,33-56H2,1-5H3/b20-18-,26-24-,32-30-. The SMILES string of the molecule is CCCCCCC/C=C\C/C=C\C/C=C\CCCCCCCCCCC(=O)OC(COC(=O)CCCCCCCCCCCCCCCCCCCCCCCC)COC(OCC[N+](C)(C)C)C(=O)[O-]. The van der Waals surface area contributed by atoms with Crippen molar-refractivity contribution in [1.29, 1.82) is 0 Å². The molecule has 70 heavy (non-hydrogen) atoms. The molecule has 0 radical (unpaired) electrons. The second kappa shape index (κ2) is 52.8. The number of carboxylic acid groups (broad SMARTS) is 1. The average Bonchev–Trinajstić information content (AvgIpc) is 3.33. The second-order valence-electron chi connectivity index (χ2n) is 21.3. The number of nitrogens with zero attached hydrogens (tertiary/aromatic N) is 1. The first-order chi connectivity index (χ1) is 34.1. The van der Waals surface area contributed by atoms with Gasteiger partial charge >= 0.3 is 11.9 Å². The number of rotatable bonds is 55. The van der Waals surface area contributed by atoms with Crippen molar-refractivity contribution in [2.45, 2.75) is 289 Å². The zero-order valence-corrected chi connectivity index (χ0v) is 46.7. The largest absolute Gasteiger partial charge is 0.545 e. The van der Waals surface area contributed by atoms with Crippen molar-refractivity contribution in [3.8, 4) is 0 Å². The van der Waals surface area contributed by atoms with Crippen LogP contribution in [0.4, 0.5) is 0 Å². The highest BCUT2D eigenvalue weighted by molar-refractivity contribution is 5.70. The number of carboxylic acids is 1. The molecule has 0 rings (SSSR count). The van der Waals surface area contributed by atoms with Crippen LogP contribution in [0.1, 0.15) is 277 Å². The molecular weight excluding hydrogens is 875 g/mol. The summed E-state index contributed by atoms with van der Waals surface area (Å²) < 4.78 is 22.7. The number of hydrogen-bond donors (Lipinski definition) is 0. The molecule has 0 fully saturated rings. The van der Waals surface area contributed by atoms with Crippen LogP contribution in [0.25, 0.3) is 0 Å². The number of ether oxygens (including phenoxy) is 4. The predicted octanol–water partition coefficient (Wildman–Crippen LogP) is 16.0. The Kier molecular flexibility index (Phi) is 50.9. The number of unbranched alkanes of at least 4 members (excludes halogenated alkanes) is 34. The van der Waals surface area contributed by atoms with Crippen molar-refractivity contribution in [2.75, 3.05) is 47.5 Å². The smallest absolute Gasteiger partial charge is 0.306 e. The highest BCUT2D eigenvalue weighted by atomic mass is 16.7. The van der Waals surface area contributed by atoms with E-state index in [0.29, 0.717) is 23.9 Å². The first kappa shape index (κ1) is 67.5. The van der Waals surface area contributed by atoms with Crippen LogP contribution < -0.4 is 5.11 Å². The number of hydrogen-bond acceptors (Lipinski definition) is 8. The maximum absolute atomic E-state index is 12.9. The minimum atomic E-state index is -1.62. The third kappa shape index (κ3) is 53.3. The molecule has 410 valence electrons. The molecule has 2 atom stereocenters. The molecule has 0 aliphatic heterocycles. The van der Waals surface area contributed by atoms with Gasteiger partial charge in [-0.05, 0) is 51.4 Å². The molecule has 0 aromatic carbocycles. The molecule has 0 amide bonds. The van der Waals surface area contributed by atoms with Gasteiger partial charge in [0, 0.05) is 12.8 Å². The van der Waals surface area contributed by atoms with Gasteiger partial charge in [0.05, 0.1) is 40.3 Å². The maximum Gasteiger partial charge on any atom is 0.306 e. The Bertz CT molecular complexity index is 1240. The first-order valence-corrected chi connectivity index (χ1v) is 29.6. The topological polar surface area (TPSA) is 111 Å². The Labute approximate surface area is 432 Å². The summed E-state index contributed by atoms with van der Waals surface area (Å²) in [6, 6.07) is 0. The quantitative estimate of drug-likeness (QED) is 0.0195. The Morgan fingerprint density at radius 2 is 0.771 bits per heavy atom. The number of aliphatic carboxylic acids is 1.